The van der Waals surface area contributed by atoms with Gasteiger partial charge < -0.3 is 20.0 Å². The molecular weight excluding hydrogens is 334 g/mol. The molecule has 2 saturated heterocycles. The fraction of sp³-hybridized carbons (Fsp3) is 0.632. The summed E-state index contributed by atoms with van der Waals surface area (Å²) in [5.74, 6) is 0.717. The van der Waals surface area contributed by atoms with E-state index in [-0.39, 0.29) is 41.5 Å². The minimum Gasteiger partial charge on any atom is -0.459 e. The number of carbonyl (C=O) groups is 3. The molecule has 1 saturated carbocycles. The summed E-state index contributed by atoms with van der Waals surface area (Å²) in [6, 6.07) is 1.86. The Morgan fingerprint density at radius 3 is 2.65 bits per heavy atom. The summed E-state index contributed by atoms with van der Waals surface area (Å²) >= 11 is 0. The van der Waals surface area contributed by atoms with Crippen molar-refractivity contribution < 1.29 is 18.8 Å². The first-order valence-electron chi connectivity index (χ1n) is 9.44. The molecule has 0 bridgehead atoms. The van der Waals surface area contributed by atoms with Gasteiger partial charge in [-0.05, 0) is 38.7 Å². The minimum absolute atomic E-state index is 0.00962. The topological polar surface area (TPSA) is 91.7 Å². The molecule has 2 N–H and O–H groups in total. The van der Waals surface area contributed by atoms with Crippen molar-refractivity contribution in [2.45, 2.75) is 38.6 Å². The third-order valence-electron chi connectivity index (χ3n) is 6.11. The number of carbonyl (C=O) groups excluding carboxylic acids is 3. The Kier molecular flexibility index (Phi) is 4.46. The highest BCUT2D eigenvalue weighted by Crippen LogP contribution is 2.32. The number of nitrogens with one attached hydrogen (secondary N) is 2. The van der Waals surface area contributed by atoms with Crippen molar-refractivity contribution >= 4 is 17.7 Å². The van der Waals surface area contributed by atoms with Gasteiger partial charge in [-0.3, -0.25) is 14.4 Å². The van der Waals surface area contributed by atoms with Crippen LogP contribution < -0.4 is 10.6 Å². The lowest BCUT2D eigenvalue weighted by atomic mass is 9.85. The molecular formula is C19H25N3O4. The van der Waals surface area contributed by atoms with Gasteiger partial charge >= 0.3 is 0 Å². The SMILES string of the molecule is Cc1ccoc1C(=O)NC1CCC(C(=O)N2C[C@@H]3CNC(=O)[C@@H]3C2)CC1. The van der Waals surface area contributed by atoms with Gasteiger partial charge in [-0.1, -0.05) is 0 Å². The van der Waals surface area contributed by atoms with Crippen molar-refractivity contribution in [3.63, 3.8) is 0 Å². The van der Waals surface area contributed by atoms with E-state index < -0.39 is 0 Å². The van der Waals surface area contributed by atoms with Gasteiger partial charge in [0.2, 0.25) is 11.8 Å². The number of fused-ring (bicyclic) bond motifs is 1. The molecule has 3 fully saturated rings. The van der Waals surface area contributed by atoms with Crippen LogP contribution in [-0.2, 0) is 9.59 Å². The third-order valence-corrected chi connectivity index (χ3v) is 6.11. The van der Waals surface area contributed by atoms with Crippen LogP contribution in [0.4, 0.5) is 0 Å². The third kappa shape index (κ3) is 3.10. The van der Waals surface area contributed by atoms with Crippen molar-refractivity contribution in [3.8, 4) is 0 Å². The maximum atomic E-state index is 12.8. The largest absolute Gasteiger partial charge is 0.459 e. The lowest BCUT2D eigenvalue weighted by molar-refractivity contribution is -0.136. The summed E-state index contributed by atoms with van der Waals surface area (Å²) in [6.45, 7) is 3.79. The standard InChI is InChI=1S/C19H25N3O4/c1-11-6-7-26-16(11)18(24)21-14-4-2-12(3-5-14)19(25)22-9-13-8-20-17(23)15(13)10-22/h6-7,12-15H,2-5,8-10H2,1H3,(H,20,23)(H,21,24)/t12?,13-,14?,15+/m0/s1. The number of furan rings is 1. The van der Waals surface area contributed by atoms with Crippen molar-refractivity contribution in [2.24, 2.45) is 17.8 Å². The number of rotatable bonds is 3. The molecule has 0 radical (unpaired) electrons. The lowest BCUT2D eigenvalue weighted by Gasteiger charge is -2.31. The lowest BCUT2D eigenvalue weighted by Crippen LogP contribution is -2.42. The Bertz CT molecular complexity index is 720. The number of amides is 3. The smallest absolute Gasteiger partial charge is 0.287 e. The van der Waals surface area contributed by atoms with Crippen LogP contribution in [0.2, 0.25) is 0 Å². The number of nitrogens with zero attached hydrogens (tertiary/aromatic N) is 1. The van der Waals surface area contributed by atoms with Gasteiger partial charge in [0.05, 0.1) is 12.2 Å². The van der Waals surface area contributed by atoms with E-state index in [2.05, 4.69) is 10.6 Å². The van der Waals surface area contributed by atoms with Crippen LogP contribution in [-0.4, -0.2) is 48.3 Å². The van der Waals surface area contributed by atoms with Crippen molar-refractivity contribution in [3.05, 3.63) is 23.7 Å². The van der Waals surface area contributed by atoms with Gasteiger partial charge in [0.15, 0.2) is 5.76 Å². The quantitative estimate of drug-likeness (QED) is 0.845. The molecule has 1 aromatic heterocycles. The molecule has 3 aliphatic rings. The molecule has 3 amide bonds. The zero-order valence-corrected chi connectivity index (χ0v) is 15.0. The Balaban J connectivity index is 1.27. The molecule has 2 atom stereocenters. The molecule has 7 nitrogen and oxygen atoms in total. The monoisotopic (exact) mass is 359 g/mol. The molecule has 3 heterocycles. The Morgan fingerprint density at radius 2 is 2.00 bits per heavy atom. The average molecular weight is 359 g/mol. The number of likely N-dealkylation sites (tertiary alicyclic amines) is 1. The summed E-state index contributed by atoms with van der Waals surface area (Å²) < 4.78 is 5.23. The molecule has 0 aromatic carbocycles. The molecule has 1 aromatic rings. The predicted octanol–water partition coefficient (Wildman–Crippen LogP) is 1.08. The first-order valence-corrected chi connectivity index (χ1v) is 9.44. The van der Waals surface area contributed by atoms with Gasteiger partial charge in [-0.2, -0.15) is 0 Å². The predicted molar refractivity (Wildman–Crippen MR) is 93.2 cm³/mol. The first-order chi connectivity index (χ1) is 12.5. The molecule has 0 unspecified atom stereocenters. The normalized spacial score (nSPS) is 30.8. The maximum Gasteiger partial charge on any atom is 0.287 e. The van der Waals surface area contributed by atoms with Crippen LogP contribution in [0.3, 0.4) is 0 Å². The highest BCUT2D eigenvalue weighted by molar-refractivity contribution is 5.93. The molecule has 7 heteroatoms. The van der Waals surface area contributed by atoms with Crippen LogP contribution in [0.1, 0.15) is 41.8 Å². The van der Waals surface area contributed by atoms with Crippen molar-refractivity contribution in [2.75, 3.05) is 19.6 Å². The molecule has 2 aliphatic heterocycles. The van der Waals surface area contributed by atoms with Gasteiger partial charge in [0.25, 0.3) is 5.91 Å². The maximum absolute atomic E-state index is 12.8. The second-order valence-electron chi connectivity index (χ2n) is 7.81. The first kappa shape index (κ1) is 17.1. The zero-order chi connectivity index (χ0) is 18.3. The van der Waals surface area contributed by atoms with Gasteiger partial charge in [0, 0.05) is 43.1 Å². The van der Waals surface area contributed by atoms with E-state index in [0.29, 0.717) is 25.4 Å². The van der Waals surface area contributed by atoms with Crippen LogP contribution in [0.5, 0.6) is 0 Å². The van der Waals surface area contributed by atoms with Crippen LogP contribution in [0.25, 0.3) is 0 Å². The zero-order valence-electron chi connectivity index (χ0n) is 15.0. The number of aryl methyl sites for hydroxylation is 1. The van der Waals surface area contributed by atoms with E-state index >= 15 is 0 Å². The van der Waals surface area contributed by atoms with E-state index in [1.54, 1.807) is 6.07 Å². The highest BCUT2D eigenvalue weighted by Gasteiger charge is 2.44. The van der Waals surface area contributed by atoms with Crippen LogP contribution in [0.15, 0.2) is 16.7 Å². The van der Waals surface area contributed by atoms with Gasteiger partial charge in [0.1, 0.15) is 0 Å². The van der Waals surface area contributed by atoms with E-state index in [4.69, 9.17) is 4.42 Å². The summed E-state index contributed by atoms with van der Waals surface area (Å²) in [7, 11) is 0. The molecule has 4 rings (SSSR count). The Labute approximate surface area is 152 Å². The van der Waals surface area contributed by atoms with Gasteiger partial charge in [-0.15, -0.1) is 0 Å². The van der Waals surface area contributed by atoms with Crippen LogP contribution in [0, 0.1) is 24.7 Å². The highest BCUT2D eigenvalue weighted by atomic mass is 16.3. The Morgan fingerprint density at radius 1 is 1.23 bits per heavy atom. The average Bonchev–Trinajstić information content (AvgIpc) is 3.33. The summed E-state index contributed by atoms with van der Waals surface area (Å²) in [5.41, 5.74) is 0.829. The summed E-state index contributed by atoms with van der Waals surface area (Å²) in [6.07, 6.45) is 4.66. The molecule has 140 valence electrons. The summed E-state index contributed by atoms with van der Waals surface area (Å²) in [5, 5.41) is 5.89. The second-order valence-corrected chi connectivity index (χ2v) is 7.81. The minimum atomic E-state index is -0.180. The number of hydrogen-bond acceptors (Lipinski definition) is 4. The van der Waals surface area contributed by atoms with E-state index in [9.17, 15) is 14.4 Å². The molecule has 0 spiro atoms. The van der Waals surface area contributed by atoms with Crippen molar-refractivity contribution in [1.82, 2.24) is 15.5 Å². The van der Waals surface area contributed by atoms with E-state index in [1.165, 1.54) is 6.26 Å². The molecule has 1 aliphatic carbocycles. The van der Waals surface area contributed by atoms with Crippen molar-refractivity contribution in [1.29, 1.82) is 0 Å². The van der Waals surface area contributed by atoms with E-state index in [0.717, 1.165) is 31.2 Å². The van der Waals surface area contributed by atoms with Gasteiger partial charge in [-0.25, -0.2) is 0 Å². The van der Waals surface area contributed by atoms with Crippen LogP contribution >= 0.6 is 0 Å². The second kappa shape index (κ2) is 6.78. The fourth-order valence-electron chi connectivity index (χ4n) is 4.52. The molecule has 26 heavy (non-hydrogen) atoms. The Hall–Kier alpha value is -2.31. The fourth-order valence-corrected chi connectivity index (χ4v) is 4.52. The van der Waals surface area contributed by atoms with E-state index in [1.807, 2.05) is 11.8 Å². The summed E-state index contributed by atoms with van der Waals surface area (Å²) in [4.78, 5) is 38.7. The number of hydrogen-bond donors (Lipinski definition) is 2.